The number of hydrogen-bond acceptors (Lipinski definition) is 4. The SMILES string of the molecule is Cc1nnc2cnc(C(=O)N3C[C@]4(C)CC[C@@H](C4)C3(C)C)cn12. The molecule has 4 rings (SSSR count). The third-order valence-electron chi connectivity index (χ3n) is 6.00. The van der Waals surface area contributed by atoms with Crippen molar-refractivity contribution >= 4 is 11.6 Å². The predicted molar refractivity (Wildman–Crippen MR) is 86.1 cm³/mol. The highest BCUT2D eigenvalue weighted by molar-refractivity contribution is 5.93. The fraction of sp³-hybridized carbons (Fsp3) is 0.647. The molecule has 2 aliphatic rings. The summed E-state index contributed by atoms with van der Waals surface area (Å²) in [4.78, 5) is 19.5. The largest absolute Gasteiger partial charge is 0.331 e. The quantitative estimate of drug-likeness (QED) is 0.811. The van der Waals surface area contributed by atoms with Crippen LogP contribution in [0.5, 0.6) is 0 Å². The summed E-state index contributed by atoms with van der Waals surface area (Å²) in [5, 5.41) is 8.06. The van der Waals surface area contributed by atoms with Crippen molar-refractivity contribution in [1.82, 2.24) is 24.5 Å². The average Bonchev–Trinajstić information content (AvgIpc) is 3.06. The first kappa shape index (κ1) is 14.6. The van der Waals surface area contributed by atoms with E-state index in [0.717, 1.165) is 12.4 Å². The zero-order valence-electron chi connectivity index (χ0n) is 14.2. The summed E-state index contributed by atoms with van der Waals surface area (Å²) in [7, 11) is 0. The van der Waals surface area contributed by atoms with Crippen LogP contribution in [0.2, 0.25) is 0 Å². The van der Waals surface area contributed by atoms with Crippen molar-refractivity contribution in [3.8, 4) is 0 Å². The number of carbonyl (C=O) groups is 1. The number of aryl methyl sites for hydroxylation is 1. The van der Waals surface area contributed by atoms with Crippen molar-refractivity contribution in [1.29, 1.82) is 0 Å². The number of likely N-dealkylation sites (tertiary alicyclic amines) is 1. The lowest BCUT2D eigenvalue weighted by Crippen LogP contribution is -2.58. The van der Waals surface area contributed by atoms with E-state index in [1.807, 2.05) is 16.2 Å². The topological polar surface area (TPSA) is 63.4 Å². The number of fused-ring (bicyclic) bond motifs is 3. The molecule has 2 atom stereocenters. The van der Waals surface area contributed by atoms with E-state index in [1.165, 1.54) is 19.3 Å². The molecular formula is C17H23N5O. The number of carbonyl (C=O) groups excluding carboxylic acids is 1. The van der Waals surface area contributed by atoms with Crippen molar-refractivity contribution in [2.24, 2.45) is 11.3 Å². The summed E-state index contributed by atoms with van der Waals surface area (Å²) in [6, 6.07) is 0. The first-order valence-electron chi connectivity index (χ1n) is 8.30. The maximum absolute atomic E-state index is 13.2. The molecule has 3 heterocycles. The minimum absolute atomic E-state index is 0.0165. The molecule has 2 bridgehead atoms. The predicted octanol–water partition coefficient (Wildman–Crippen LogP) is 2.47. The molecule has 0 N–H and O–H groups in total. The molecule has 1 aliphatic heterocycles. The van der Waals surface area contributed by atoms with Crippen LogP contribution in [0.15, 0.2) is 12.4 Å². The summed E-state index contributed by atoms with van der Waals surface area (Å²) in [5.74, 6) is 1.36. The van der Waals surface area contributed by atoms with Crippen LogP contribution in [0.25, 0.3) is 5.65 Å². The second-order valence-electron chi connectivity index (χ2n) is 8.04. The van der Waals surface area contributed by atoms with Crippen LogP contribution in [0, 0.1) is 18.3 Å². The maximum atomic E-state index is 13.2. The van der Waals surface area contributed by atoms with Gasteiger partial charge in [-0.25, -0.2) is 4.98 Å². The molecule has 0 aromatic carbocycles. The van der Waals surface area contributed by atoms with Gasteiger partial charge in [0.05, 0.1) is 6.20 Å². The van der Waals surface area contributed by atoms with Crippen molar-refractivity contribution in [3.63, 3.8) is 0 Å². The Kier molecular flexibility index (Phi) is 2.87. The number of nitrogens with zero attached hydrogens (tertiary/aromatic N) is 5. The van der Waals surface area contributed by atoms with Crippen LogP contribution < -0.4 is 0 Å². The molecule has 6 nitrogen and oxygen atoms in total. The highest BCUT2D eigenvalue weighted by atomic mass is 16.2. The molecule has 1 saturated carbocycles. The average molecular weight is 313 g/mol. The number of amides is 1. The molecule has 6 heteroatoms. The third kappa shape index (κ3) is 2.07. The molecule has 0 unspecified atom stereocenters. The minimum atomic E-state index is -0.119. The van der Waals surface area contributed by atoms with Crippen LogP contribution in [-0.2, 0) is 0 Å². The summed E-state index contributed by atoms with van der Waals surface area (Å²) in [6.07, 6.45) is 7.04. The third-order valence-corrected chi connectivity index (χ3v) is 6.00. The number of rotatable bonds is 1. The van der Waals surface area contributed by atoms with Gasteiger partial charge in [0.25, 0.3) is 5.91 Å². The van der Waals surface area contributed by atoms with E-state index in [0.29, 0.717) is 17.3 Å². The van der Waals surface area contributed by atoms with E-state index >= 15 is 0 Å². The molecule has 0 radical (unpaired) electrons. The zero-order valence-corrected chi connectivity index (χ0v) is 14.2. The highest BCUT2D eigenvalue weighted by Gasteiger charge is 2.52. The van der Waals surface area contributed by atoms with Gasteiger partial charge in [-0.3, -0.25) is 9.20 Å². The molecule has 1 aliphatic carbocycles. The lowest BCUT2D eigenvalue weighted by Gasteiger charge is -2.50. The molecule has 0 spiro atoms. The van der Waals surface area contributed by atoms with Crippen molar-refractivity contribution in [3.05, 3.63) is 23.9 Å². The first-order valence-corrected chi connectivity index (χ1v) is 8.30. The summed E-state index contributed by atoms with van der Waals surface area (Å²) < 4.78 is 1.83. The standard InChI is InChI=1S/C17H23N5O/c1-11-19-20-14-8-18-13(9-21(11)14)15(23)22-10-17(4)6-5-12(7-17)16(22,2)3/h8-9,12H,5-7,10H2,1-4H3/t12-,17+/m0/s1. The smallest absolute Gasteiger partial charge is 0.274 e. The molecule has 2 aromatic rings. The van der Waals surface area contributed by atoms with Gasteiger partial charge in [-0.05, 0) is 51.4 Å². The Morgan fingerprint density at radius 1 is 1.30 bits per heavy atom. The lowest BCUT2D eigenvalue weighted by atomic mass is 9.75. The Hall–Kier alpha value is -1.98. The van der Waals surface area contributed by atoms with Crippen LogP contribution in [0.4, 0.5) is 0 Å². The van der Waals surface area contributed by atoms with E-state index < -0.39 is 0 Å². The van der Waals surface area contributed by atoms with Gasteiger partial charge in [-0.1, -0.05) is 6.92 Å². The number of aromatic nitrogens is 4. The maximum Gasteiger partial charge on any atom is 0.274 e. The molecule has 2 aromatic heterocycles. The monoisotopic (exact) mass is 313 g/mol. The van der Waals surface area contributed by atoms with Crippen LogP contribution in [0.3, 0.4) is 0 Å². The number of piperidine rings is 1. The van der Waals surface area contributed by atoms with Gasteiger partial charge in [0.1, 0.15) is 11.5 Å². The zero-order chi connectivity index (χ0) is 16.4. The van der Waals surface area contributed by atoms with E-state index in [2.05, 4.69) is 36.0 Å². The first-order chi connectivity index (χ1) is 10.8. The Morgan fingerprint density at radius 3 is 2.87 bits per heavy atom. The van der Waals surface area contributed by atoms with E-state index in [9.17, 15) is 4.79 Å². The minimum Gasteiger partial charge on any atom is -0.331 e. The molecule has 2 fully saturated rings. The Morgan fingerprint density at radius 2 is 2.09 bits per heavy atom. The Labute approximate surface area is 135 Å². The van der Waals surface area contributed by atoms with Gasteiger partial charge in [-0.2, -0.15) is 0 Å². The summed E-state index contributed by atoms with van der Waals surface area (Å²) in [6.45, 7) is 9.39. The van der Waals surface area contributed by atoms with Crippen LogP contribution in [-0.4, -0.2) is 42.5 Å². The van der Waals surface area contributed by atoms with Crippen molar-refractivity contribution in [2.45, 2.75) is 52.5 Å². The normalized spacial score (nSPS) is 29.2. The molecule has 122 valence electrons. The molecule has 23 heavy (non-hydrogen) atoms. The summed E-state index contributed by atoms with van der Waals surface area (Å²) >= 11 is 0. The van der Waals surface area contributed by atoms with Gasteiger partial charge in [0.2, 0.25) is 0 Å². The molecule has 1 amide bonds. The Balaban J connectivity index is 1.73. The van der Waals surface area contributed by atoms with Gasteiger partial charge in [0.15, 0.2) is 5.65 Å². The van der Waals surface area contributed by atoms with Gasteiger partial charge in [0, 0.05) is 18.3 Å². The van der Waals surface area contributed by atoms with E-state index in [4.69, 9.17) is 0 Å². The molecule has 1 saturated heterocycles. The number of hydrogen-bond donors (Lipinski definition) is 0. The second kappa shape index (κ2) is 4.52. The van der Waals surface area contributed by atoms with Crippen LogP contribution in [0.1, 0.15) is 56.3 Å². The van der Waals surface area contributed by atoms with Gasteiger partial charge in [-0.15, -0.1) is 10.2 Å². The second-order valence-corrected chi connectivity index (χ2v) is 8.04. The van der Waals surface area contributed by atoms with Crippen molar-refractivity contribution in [2.75, 3.05) is 6.54 Å². The summed E-state index contributed by atoms with van der Waals surface area (Å²) in [5.41, 5.74) is 1.28. The van der Waals surface area contributed by atoms with Gasteiger partial charge < -0.3 is 4.90 Å². The molecular weight excluding hydrogens is 290 g/mol. The highest BCUT2D eigenvalue weighted by Crippen LogP contribution is 2.53. The van der Waals surface area contributed by atoms with E-state index in [1.54, 1.807) is 12.4 Å². The lowest BCUT2D eigenvalue weighted by molar-refractivity contribution is 0.000332. The Bertz CT molecular complexity index is 795. The fourth-order valence-corrected chi connectivity index (χ4v) is 4.37. The van der Waals surface area contributed by atoms with Crippen molar-refractivity contribution < 1.29 is 4.79 Å². The fourth-order valence-electron chi connectivity index (χ4n) is 4.37. The van der Waals surface area contributed by atoms with E-state index in [-0.39, 0.29) is 16.9 Å². The van der Waals surface area contributed by atoms with Crippen LogP contribution >= 0.6 is 0 Å². The van der Waals surface area contributed by atoms with Gasteiger partial charge >= 0.3 is 0 Å².